The number of hydrogen-bond donors (Lipinski definition) is 0. The Labute approximate surface area is 98.1 Å². The van der Waals surface area contributed by atoms with Crippen molar-refractivity contribution in [3.8, 4) is 0 Å². The number of hydrogen-bond acceptors (Lipinski definition) is 2. The molecule has 1 atom stereocenters. The maximum Gasteiger partial charge on any atom is 0.219 e. The molecule has 2 fully saturated rings. The van der Waals surface area contributed by atoms with Crippen LogP contribution in [0, 0.1) is 0 Å². The van der Waals surface area contributed by atoms with Crippen LogP contribution in [0.3, 0.4) is 0 Å². The fourth-order valence-corrected chi connectivity index (χ4v) is 3.30. The molecule has 0 aromatic heterocycles. The van der Waals surface area contributed by atoms with Crippen LogP contribution in [0.5, 0.6) is 0 Å². The molecule has 2 rings (SSSR count). The predicted molar refractivity (Wildman–Crippen MR) is 63.2 cm³/mol. The molecule has 1 amide bonds. The van der Waals surface area contributed by atoms with E-state index in [4.69, 9.17) is 4.74 Å². The molecule has 1 unspecified atom stereocenters. The van der Waals surface area contributed by atoms with Crippen LogP contribution in [0.1, 0.15) is 52.4 Å². The average molecular weight is 225 g/mol. The summed E-state index contributed by atoms with van der Waals surface area (Å²) in [6.45, 7) is 5.53. The van der Waals surface area contributed by atoms with Gasteiger partial charge in [-0.15, -0.1) is 0 Å². The van der Waals surface area contributed by atoms with Crippen LogP contribution in [-0.4, -0.2) is 35.6 Å². The van der Waals surface area contributed by atoms with Gasteiger partial charge in [-0.2, -0.15) is 0 Å². The summed E-state index contributed by atoms with van der Waals surface area (Å²) in [6.07, 6.45) is 7.66. The van der Waals surface area contributed by atoms with Gasteiger partial charge in [-0.05, 0) is 26.2 Å². The van der Waals surface area contributed by atoms with E-state index >= 15 is 0 Å². The summed E-state index contributed by atoms with van der Waals surface area (Å²) in [4.78, 5) is 13.9. The van der Waals surface area contributed by atoms with Crippen molar-refractivity contribution in [2.45, 2.75) is 64.0 Å². The molecule has 1 aliphatic heterocycles. The smallest absolute Gasteiger partial charge is 0.219 e. The van der Waals surface area contributed by atoms with Crippen LogP contribution in [0.4, 0.5) is 0 Å². The lowest BCUT2D eigenvalue weighted by atomic mass is 9.77. The van der Waals surface area contributed by atoms with Crippen LogP contribution in [0.15, 0.2) is 0 Å². The van der Waals surface area contributed by atoms with Gasteiger partial charge in [-0.1, -0.05) is 19.3 Å². The van der Waals surface area contributed by atoms with E-state index < -0.39 is 0 Å². The fourth-order valence-electron chi connectivity index (χ4n) is 3.30. The van der Waals surface area contributed by atoms with Gasteiger partial charge in [0.15, 0.2) is 0 Å². The van der Waals surface area contributed by atoms with Gasteiger partial charge in [0.25, 0.3) is 0 Å². The summed E-state index contributed by atoms with van der Waals surface area (Å²) in [5, 5.41) is 0. The van der Waals surface area contributed by atoms with Gasteiger partial charge in [-0.25, -0.2) is 0 Å². The van der Waals surface area contributed by atoms with Crippen molar-refractivity contribution in [3.05, 3.63) is 0 Å². The molecule has 3 heteroatoms. The van der Waals surface area contributed by atoms with Gasteiger partial charge in [0, 0.05) is 19.0 Å². The summed E-state index contributed by atoms with van der Waals surface area (Å²) in [7, 11) is 0. The second-order valence-electron chi connectivity index (χ2n) is 5.21. The summed E-state index contributed by atoms with van der Waals surface area (Å²) in [6, 6.07) is 0. The fraction of sp³-hybridized carbons (Fsp3) is 0.923. The zero-order valence-corrected chi connectivity index (χ0v) is 10.5. The molecule has 1 aliphatic carbocycles. The molecule has 0 spiro atoms. The van der Waals surface area contributed by atoms with Crippen molar-refractivity contribution in [2.24, 2.45) is 0 Å². The molecule has 0 N–H and O–H groups in total. The van der Waals surface area contributed by atoms with Gasteiger partial charge in [0.2, 0.25) is 5.91 Å². The molecule has 3 nitrogen and oxygen atoms in total. The minimum absolute atomic E-state index is 0.111. The first-order valence-corrected chi connectivity index (χ1v) is 6.58. The van der Waals surface area contributed by atoms with Crippen LogP contribution < -0.4 is 0 Å². The summed E-state index contributed by atoms with van der Waals surface area (Å²) in [5.74, 6) is 0.227. The molecule has 0 radical (unpaired) electrons. The number of epoxide rings is 1. The maximum atomic E-state index is 11.8. The number of rotatable bonds is 4. The Balaban J connectivity index is 2.12. The Morgan fingerprint density at radius 2 is 2.00 bits per heavy atom. The van der Waals surface area contributed by atoms with E-state index in [-0.39, 0.29) is 11.4 Å². The van der Waals surface area contributed by atoms with Gasteiger partial charge in [-0.3, -0.25) is 4.79 Å². The summed E-state index contributed by atoms with van der Waals surface area (Å²) in [5.41, 5.74) is 0.111. The highest BCUT2D eigenvalue weighted by atomic mass is 16.6. The zero-order chi connectivity index (χ0) is 11.6. The summed E-state index contributed by atoms with van der Waals surface area (Å²) < 4.78 is 5.37. The van der Waals surface area contributed by atoms with Crippen molar-refractivity contribution in [1.29, 1.82) is 0 Å². The quantitative estimate of drug-likeness (QED) is 0.688. The SMILES string of the molecule is CCN(C(C)=O)C1(CC2CO2)CCCCC1. The number of ether oxygens (including phenoxy) is 1. The lowest BCUT2D eigenvalue weighted by Crippen LogP contribution is -2.53. The van der Waals surface area contributed by atoms with Crippen molar-refractivity contribution in [2.75, 3.05) is 13.2 Å². The molecule has 92 valence electrons. The summed E-state index contributed by atoms with van der Waals surface area (Å²) >= 11 is 0. The highest BCUT2D eigenvalue weighted by molar-refractivity contribution is 5.74. The Hall–Kier alpha value is -0.570. The number of nitrogens with zero attached hydrogens (tertiary/aromatic N) is 1. The number of amides is 1. The third-order valence-electron chi connectivity index (χ3n) is 4.06. The topological polar surface area (TPSA) is 32.8 Å². The number of carbonyl (C=O) groups excluding carboxylic acids is 1. The lowest BCUT2D eigenvalue weighted by Gasteiger charge is -2.46. The molecular formula is C13H23NO2. The van der Waals surface area contributed by atoms with Crippen molar-refractivity contribution in [3.63, 3.8) is 0 Å². The molecule has 0 aromatic rings. The lowest BCUT2D eigenvalue weighted by molar-refractivity contribution is -0.137. The zero-order valence-electron chi connectivity index (χ0n) is 10.5. The highest BCUT2D eigenvalue weighted by Gasteiger charge is 2.43. The van der Waals surface area contributed by atoms with Crippen LogP contribution in [0.2, 0.25) is 0 Å². The molecule has 1 heterocycles. The molecule has 1 saturated carbocycles. The first kappa shape index (κ1) is 11.9. The normalized spacial score (nSPS) is 27.5. The van der Waals surface area contributed by atoms with E-state index in [2.05, 4.69) is 11.8 Å². The monoisotopic (exact) mass is 225 g/mol. The van der Waals surface area contributed by atoms with Crippen molar-refractivity contribution in [1.82, 2.24) is 4.90 Å². The Kier molecular flexibility index (Phi) is 3.53. The minimum atomic E-state index is 0.111. The van der Waals surface area contributed by atoms with E-state index in [0.29, 0.717) is 6.10 Å². The van der Waals surface area contributed by atoms with Gasteiger partial charge < -0.3 is 9.64 Å². The third kappa shape index (κ3) is 2.40. The second kappa shape index (κ2) is 4.74. The predicted octanol–water partition coefficient (Wildman–Crippen LogP) is 2.35. The van der Waals surface area contributed by atoms with E-state index in [1.165, 1.54) is 32.1 Å². The Morgan fingerprint density at radius 3 is 2.44 bits per heavy atom. The Bertz CT molecular complexity index is 255. The number of carbonyl (C=O) groups is 1. The molecular weight excluding hydrogens is 202 g/mol. The average Bonchev–Trinajstić information content (AvgIpc) is 3.03. The molecule has 16 heavy (non-hydrogen) atoms. The molecule has 0 bridgehead atoms. The minimum Gasteiger partial charge on any atom is -0.373 e. The van der Waals surface area contributed by atoms with E-state index in [1.807, 2.05) is 0 Å². The van der Waals surface area contributed by atoms with Crippen molar-refractivity contribution < 1.29 is 9.53 Å². The molecule has 2 aliphatic rings. The first-order valence-electron chi connectivity index (χ1n) is 6.58. The van der Waals surface area contributed by atoms with Crippen LogP contribution >= 0.6 is 0 Å². The second-order valence-corrected chi connectivity index (χ2v) is 5.21. The Morgan fingerprint density at radius 1 is 1.38 bits per heavy atom. The largest absolute Gasteiger partial charge is 0.373 e. The van der Waals surface area contributed by atoms with E-state index in [1.54, 1.807) is 6.92 Å². The van der Waals surface area contributed by atoms with E-state index in [9.17, 15) is 4.79 Å². The standard InChI is InChI=1S/C13H23NO2/c1-3-14(11(2)15)13(9-12-10-16-12)7-5-4-6-8-13/h12H,3-10H2,1-2H3. The van der Waals surface area contributed by atoms with Crippen LogP contribution in [0.25, 0.3) is 0 Å². The van der Waals surface area contributed by atoms with E-state index in [0.717, 1.165) is 19.6 Å². The van der Waals surface area contributed by atoms with Crippen LogP contribution in [-0.2, 0) is 9.53 Å². The van der Waals surface area contributed by atoms with Crippen molar-refractivity contribution >= 4 is 5.91 Å². The maximum absolute atomic E-state index is 11.8. The van der Waals surface area contributed by atoms with Gasteiger partial charge >= 0.3 is 0 Å². The van der Waals surface area contributed by atoms with Gasteiger partial charge in [0.05, 0.1) is 12.7 Å². The van der Waals surface area contributed by atoms with Gasteiger partial charge in [0.1, 0.15) is 0 Å². The molecule has 1 saturated heterocycles. The highest BCUT2D eigenvalue weighted by Crippen LogP contribution is 2.40. The first-order chi connectivity index (χ1) is 7.68. The third-order valence-corrected chi connectivity index (χ3v) is 4.06. The molecule has 0 aromatic carbocycles.